The molecule has 5 nitrogen and oxygen atoms in total. The summed E-state index contributed by atoms with van der Waals surface area (Å²) in [5.74, 6) is -0.269. The van der Waals surface area contributed by atoms with Crippen molar-refractivity contribution in [1.82, 2.24) is 9.13 Å². The highest BCUT2D eigenvalue weighted by Gasteiger charge is 2.27. The molecule has 0 saturated carbocycles. The number of furan rings is 1. The quantitative estimate of drug-likeness (QED) is 0.381. The van der Waals surface area contributed by atoms with Crippen LogP contribution in [0.25, 0.3) is 27.6 Å². The molecule has 2 aromatic carbocycles. The molecule has 148 valence electrons. The van der Waals surface area contributed by atoms with E-state index >= 15 is 0 Å². The third-order valence-corrected chi connectivity index (χ3v) is 5.99. The summed E-state index contributed by atoms with van der Waals surface area (Å²) in [5, 5.41) is 2.05. The van der Waals surface area contributed by atoms with Gasteiger partial charge >= 0.3 is 5.97 Å². The Labute approximate surface area is 173 Å². The first-order chi connectivity index (χ1) is 14.7. The highest BCUT2D eigenvalue weighted by molar-refractivity contribution is 6.06. The van der Waals surface area contributed by atoms with Gasteiger partial charge in [-0.25, -0.2) is 4.79 Å². The smallest absolute Gasteiger partial charge is 0.338 e. The standard InChI is InChI=1S/C25H20N2O3/c1-2-29-25(28)19-6-3-7-21-24(19)20-14-17-5-4-11-26(17)15-22(20)27(21)18-8-9-23-16(13-18)10-12-30-23/h3-13H,2,14-15H2,1H3. The van der Waals surface area contributed by atoms with E-state index in [2.05, 4.69) is 45.7 Å². The monoisotopic (exact) mass is 396 g/mol. The van der Waals surface area contributed by atoms with Crippen LogP contribution >= 0.6 is 0 Å². The fourth-order valence-electron chi connectivity index (χ4n) is 4.70. The zero-order valence-corrected chi connectivity index (χ0v) is 16.6. The van der Waals surface area contributed by atoms with Crippen LogP contribution in [0.3, 0.4) is 0 Å². The van der Waals surface area contributed by atoms with Gasteiger partial charge in [0.1, 0.15) is 5.58 Å². The van der Waals surface area contributed by atoms with Crippen LogP contribution in [0, 0.1) is 0 Å². The van der Waals surface area contributed by atoms with Crippen molar-refractivity contribution in [2.45, 2.75) is 19.9 Å². The van der Waals surface area contributed by atoms with Gasteiger partial charge in [-0.05, 0) is 61.0 Å². The van der Waals surface area contributed by atoms with E-state index in [1.54, 1.807) is 6.26 Å². The molecule has 0 bridgehead atoms. The Kier molecular flexibility index (Phi) is 3.65. The summed E-state index contributed by atoms with van der Waals surface area (Å²) >= 11 is 0. The second kappa shape index (κ2) is 6.39. The van der Waals surface area contributed by atoms with Gasteiger partial charge in [0.25, 0.3) is 0 Å². The van der Waals surface area contributed by atoms with Crippen LogP contribution in [0.4, 0.5) is 0 Å². The van der Waals surface area contributed by atoms with Crippen molar-refractivity contribution in [3.8, 4) is 5.69 Å². The Morgan fingerprint density at radius 2 is 2.07 bits per heavy atom. The second-order valence-corrected chi connectivity index (χ2v) is 7.63. The molecule has 0 radical (unpaired) electrons. The first-order valence-electron chi connectivity index (χ1n) is 10.2. The number of carbonyl (C=O) groups is 1. The molecule has 4 heterocycles. The summed E-state index contributed by atoms with van der Waals surface area (Å²) in [6.07, 6.45) is 4.62. The molecule has 1 aliphatic heterocycles. The van der Waals surface area contributed by atoms with Gasteiger partial charge in [0, 0.05) is 40.5 Å². The van der Waals surface area contributed by atoms with Gasteiger partial charge in [-0.3, -0.25) is 0 Å². The third kappa shape index (κ3) is 2.38. The minimum Gasteiger partial charge on any atom is -0.464 e. The molecular weight excluding hydrogens is 376 g/mol. The van der Waals surface area contributed by atoms with E-state index in [0.29, 0.717) is 12.2 Å². The number of hydrogen-bond acceptors (Lipinski definition) is 3. The number of benzene rings is 2. The van der Waals surface area contributed by atoms with Crippen molar-refractivity contribution >= 4 is 27.8 Å². The maximum absolute atomic E-state index is 12.8. The SMILES string of the molecule is CCOC(=O)c1cccc2c1c1c(n2-c2ccc3occc3c2)Cn2cccc2C1. The molecule has 0 unspecified atom stereocenters. The van der Waals surface area contributed by atoms with E-state index < -0.39 is 0 Å². The van der Waals surface area contributed by atoms with Crippen LogP contribution in [-0.2, 0) is 17.7 Å². The minimum atomic E-state index is -0.269. The molecular formula is C25H20N2O3. The van der Waals surface area contributed by atoms with E-state index in [4.69, 9.17) is 9.15 Å². The Balaban J connectivity index is 1.67. The van der Waals surface area contributed by atoms with Crippen LogP contribution in [0.5, 0.6) is 0 Å². The molecule has 30 heavy (non-hydrogen) atoms. The highest BCUT2D eigenvalue weighted by atomic mass is 16.5. The largest absolute Gasteiger partial charge is 0.464 e. The zero-order chi connectivity index (χ0) is 20.2. The van der Waals surface area contributed by atoms with E-state index in [-0.39, 0.29) is 5.97 Å². The van der Waals surface area contributed by atoms with Gasteiger partial charge < -0.3 is 18.3 Å². The maximum atomic E-state index is 12.8. The zero-order valence-electron chi connectivity index (χ0n) is 16.6. The molecule has 0 saturated heterocycles. The topological polar surface area (TPSA) is 49.3 Å². The fourth-order valence-corrected chi connectivity index (χ4v) is 4.70. The van der Waals surface area contributed by atoms with E-state index in [0.717, 1.165) is 40.5 Å². The molecule has 6 rings (SSSR count). The molecule has 0 amide bonds. The number of hydrogen-bond donors (Lipinski definition) is 0. The second-order valence-electron chi connectivity index (χ2n) is 7.63. The van der Waals surface area contributed by atoms with Gasteiger partial charge in [0.2, 0.25) is 0 Å². The molecule has 0 fully saturated rings. The molecule has 0 atom stereocenters. The lowest BCUT2D eigenvalue weighted by Gasteiger charge is -2.20. The molecule has 0 N–H and O–H groups in total. The number of carbonyl (C=O) groups excluding carboxylic acids is 1. The summed E-state index contributed by atoms with van der Waals surface area (Å²) in [6, 6.07) is 18.3. The van der Waals surface area contributed by atoms with Crippen LogP contribution in [0.2, 0.25) is 0 Å². The Bertz CT molecular complexity index is 1430. The number of ether oxygens (including phenoxy) is 1. The Morgan fingerprint density at radius 3 is 2.97 bits per heavy atom. The van der Waals surface area contributed by atoms with Crippen LogP contribution in [0.1, 0.15) is 34.2 Å². The van der Waals surface area contributed by atoms with Crippen molar-refractivity contribution in [2.75, 3.05) is 6.61 Å². The summed E-state index contributed by atoms with van der Waals surface area (Å²) < 4.78 is 15.5. The summed E-state index contributed by atoms with van der Waals surface area (Å²) in [7, 11) is 0. The minimum absolute atomic E-state index is 0.269. The molecule has 1 aliphatic rings. The first-order valence-corrected chi connectivity index (χ1v) is 10.2. The number of aromatic nitrogens is 2. The van der Waals surface area contributed by atoms with E-state index in [1.807, 2.05) is 31.2 Å². The maximum Gasteiger partial charge on any atom is 0.338 e. The molecule has 0 spiro atoms. The number of esters is 1. The highest BCUT2D eigenvalue weighted by Crippen LogP contribution is 2.37. The summed E-state index contributed by atoms with van der Waals surface area (Å²) in [4.78, 5) is 12.8. The normalized spacial score (nSPS) is 12.8. The van der Waals surface area contributed by atoms with Crippen molar-refractivity contribution in [1.29, 1.82) is 0 Å². The van der Waals surface area contributed by atoms with Gasteiger partial charge in [0.15, 0.2) is 0 Å². The Morgan fingerprint density at radius 1 is 1.13 bits per heavy atom. The van der Waals surface area contributed by atoms with Crippen molar-refractivity contribution < 1.29 is 13.9 Å². The molecule has 0 aliphatic carbocycles. The van der Waals surface area contributed by atoms with Crippen molar-refractivity contribution in [3.05, 3.63) is 89.6 Å². The van der Waals surface area contributed by atoms with Gasteiger partial charge in [-0.15, -0.1) is 0 Å². The lowest BCUT2D eigenvalue weighted by atomic mass is 9.99. The van der Waals surface area contributed by atoms with Crippen LogP contribution in [0.15, 0.2) is 71.5 Å². The van der Waals surface area contributed by atoms with Crippen LogP contribution < -0.4 is 0 Å². The van der Waals surface area contributed by atoms with E-state index in [1.165, 1.54) is 17.0 Å². The fraction of sp³-hybridized carbons (Fsp3) is 0.160. The summed E-state index contributed by atoms with van der Waals surface area (Å²) in [6.45, 7) is 2.96. The predicted octanol–water partition coefficient (Wildman–Crippen LogP) is 5.31. The van der Waals surface area contributed by atoms with Crippen molar-refractivity contribution in [3.63, 3.8) is 0 Å². The molecule has 3 aromatic heterocycles. The lowest BCUT2D eigenvalue weighted by Crippen LogP contribution is -2.15. The number of nitrogens with zero attached hydrogens (tertiary/aromatic N) is 2. The lowest BCUT2D eigenvalue weighted by molar-refractivity contribution is 0.0528. The van der Waals surface area contributed by atoms with Gasteiger partial charge in [-0.1, -0.05) is 6.07 Å². The Hall–Kier alpha value is -3.73. The molecule has 5 aromatic rings. The first kappa shape index (κ1) is 17.2. The number of rotatable bonds is 3. The number of fused-ring (bicyclic) bond motifs is 5. The van der Waals surface area contributed by atoms with Gasteiger partial charge in [-0.2, -0.15) is 0 Å². The van der Waals surface area contributed by atoms with E-state index in [9.17, 15) is 4.79 Å². The third-order valence-electron chi connectivity index (χ3n) is 5.99. The summed E-state index contributed by atoms with van der Waals surface area (Å²) in [5.41, 5.74) is 7.24. The average molecular weight is 396 g/mol. The predicted molar refractivity (Wildman–Crippen MR) is 115 cm³/mol. The molecule has 5 heteroatoms. The average Bonchev–Trinajstić information content (AvgIpc) is 3.48. The van der Waals surface area contributed by atoms with Gasteiger partial charge in [0.05, 0.1) is 30.5 Å². The van der Waals surface area contributed by atoms with Crippen LogP contribution in [-0.4, -0.2) is 21.7 Å². The van der Waals surface area contributed by atoms with Crippen molar-refractivity contribution in [2.24, 2.45) is 0 Å².